The van der Waals surface area contributed by atoms with E-state index in [-0.39, 0.29) is 18.2 Å². The van der Waals surface area contributed by atoms with Crippen molar-refractivity contribution < 1.29 is 14.3 Å². The minimum Gasteiger partial charge on any atom is -0.454 e. The minimum absolute atomic E-state index is 0.145. The molecule has 1 unspecified atom stereocenters. The number of nitrogens with zero attached hydrogens (tertiary/aromatic N) is 1. The molecule has 0 aromatic heterocycles. The van der Waals surface area contributed by atoms with Crippen molar-refractivity contribution in [3.63, 3.8) is 0 Å². The van der Waals surface area contributed by atoms with Crippen LogP contribution >= 0.6 is 23.2 Å². The number of benzene rings is 2. The highest BCUT2D eigenvalue weighted by molar-refractivity contribution is 6.36. The molecule has 2 aromatic carbocycles. The first-order chi connectivity index (χ1) is 12.6. The molecule has 6 heteroatoms. The van der Waals surface area contributed by atoms with Crippen LogP contribution in [0.1, 0.15) is 36.0 Å². The fourth-order valence-electron chi connectivity index (χ4n) is 4.54. The molecule has 134 valence electrons. The molecular weight excluding hydrogens is 373 g/mol. The zero-order valence-corrected chi connectivity index (χ0v) is 15.6. The molecule has 0 bridgehead atoms. The molecule has 2 aliphatic heterocycles. The number of likely N-dealkylation sites (tertiary alicyclic amines) is 1. The summed E-state index contributed by atoms with van der Waals surface area (Å²) in [6.07, 6.45) is 3.17. The zero-order valence-electron chi connectivity index (χ0n) is 14.1. The number of fused-ring (bicyclic) bond motifs is 3. The lowest BCUT2D eigenvalue weighted by molar-refractivity contribution is -0.132. The van der Waals surface area contributed by atoms with Crippen LogP contribution in [0.3, 0.4) is 0 Å². The third-order valence-corrected chi connectivity index (χ3v) is 6.56. The lowest BCUT2D eigenvalue weighted by Gasteiger charge is -2.37. The van der Waals surface area contributed by atoms with Crippen molar-refractivity contribution >= 4 is 29.1 Å². The summed E-state index contributed by atoms with van der Waals surface area (Å²) < 4.78 is 11.1. The molecule has 0 radical (unpaired) electrons. The second-order valence-corrected chi connectivity index (χ2v) is 7.89. The van der Waals surface area contributed by atoms with Crippen molar-refractivity contribution in [3.05, 3.63) is 57.1 Å². The molecule has 5 rings (SSSR count). The highest BCUT2D eigenvalue weighted by Crippen LogP contribution is 2.53. The molecule has 2 aromatic rings. The van der Waals surface area contributed by atoms with Gasteiger partial charge >= 0.3 is 0 Å². The van der Waals surface area contributed by atoms with Gasteiger partial charge in [0.05, 0.1) is 5.54 Å². The second kappa shape index (κ2) is 5.80. The first kappa shape index (κ1) is 16.3. The van der Waals surface area contributed by atoms with Gasteiger partial charge in [-0.2, -0.15) is 0 Å². The van der Waals surface area contributed by atoms with Crippen LogP contribution in [0.4, 0.5) is 0 Å². The fourth-order valence-corrected chi connectivity index (χ4v) is 5.06. The van der Waals surface area contributed by atoms with E-state index in [0.29, 0.717) is 23.0 Å². The van der Waals surface area contributed by atoms with E-state index in [0.717, 1.165) is 36.3 Å². The molecule has 1 aliphatic carbocycles. The van der Waals surface area contributed by atoms with Crippen molar-refractivity contribution in [1.82, 2.24) is 4.90 Å². The van der Waals surface area contributed by atoms with E-state index in [4.69, 9.17) is 32.7 Å². The molecule has 0 N–H and O–H groups in total. The Morgan fingerprint density at radius 2 is 1.73 bits per heavy atom. The highest BCUT2D eigenvalue weighted by Gasteiger charge is 2.50. The molecular formula is C20H17Cl2NO3. The number of carbonyl (C=O) groups is 1. The summed E-state index contributed by atoms with van der Waals surface area (Å²) >= 11 is 12.7. The largest absolute Gasteiger partial charge is 0.454 e. The summed E-state index contributed by atoms with van der Waals surface area (Å²) in [4.78, 5) is 14.8. The van der Waals surface area contributed by atoms with Crippen LogP contribution in [0.25, 0.3) is 0 Å². The van der Waals surface area contributed by atoms with Gasteiger partial charge in [0, 0.05) is 28.6 Å². The number of ether oxygens (including phenoxy) is 2. The number of rotatable bonds is 2. The number of halogens is 2. The van der Waals surface area contributed by atoms with Crippen molar-refractivity contribution in [3.8, 4) is 11.5 Å². The van der Waals surface area contributed by atoms with Gasteiger partial charge in [-0.05, 0) is 54.7 Å². The molecule has 1 amide bonds. The topological polar surface area (TPSA) is 38.8 Å². The lowest BCUT2D eigenvalue weighted by Crippen LogP contribution is -2.41. The monoisotopic (exact) mass is 389 g/mol. The maximum Gasteiger partial charge on any atom is 0.231 e. The van der Waals surface area contributed by atoms with Crippen LogP contribution in [-0.4, -0.2) is 17.6 Å². The number of amides is 1. The molecule has 1 fully saturated rings. The predicted molar refractivity (Wildman–Crippen MR) is 98.8 cm³/mol. The molecule has 26 heavy (non-hydrogen) atoms. The molecule has 0 saturated carbocycles. The average Bonchev–Trinajstić information content (AvgIpc) is 3.30. The summed E-state index contributed by atoms with van der Waals surface area (Å²) in [7, 11) is 0. The van der Waals surface area contributed by atoms with Crippen LogP contribution in [-0.2, 0) is 23.3 Å². The molecule has 4 nitrogen and oxygen atoms in total. The van der Waals surface area contributed by atoms with E-state index in [1.165, 1.54) is 11.1 Å². The van der Waals surface area contributed by atoms with Crippen LogP contribution < -0.4 is 9.47 Å². The van der Waals surface area contributed by atoms with Crippen LogP contribution in [0.5, 0.6) is 11.5 Å². The summed E-state index contributed by atoms with van der Waals surface area (Å²) in [5, 5.41) is 1.19. The van der Waals surface area contributed by atoms with Gasteiger partial charge < -0.3 is 14.4 Å². The van der Waals surface area contributed by atoms with Crippen molar-refractivity contribution in [2.45, 2.75) is 37.8 Å². The maximum absolute atomic E-state index is 12.8. The first-order valence-corrected chi connectivity index (χ1v) is 9.50. The molecule has 1 saturated heterocycles. The Morgan fingerprint density at radius 3 is 2.50 bits per heavy atom. The molecule has 3 aliphatic rings. The van der Waals surface area contributed by atoms with Crippen LogP contribution in [0.15, 0.2) is 30.3 Å². The smallest absolute Gasteiger partial charge is 0.231 e. The molecule has 1 atom stereocenters. The van der Waals surface area contributed by atoms with Gasteiger partial charge in [-0.25, -0.2) is 0 Å². The van der Waals surface area contributed by atoms with E-state index in [1.54, 1.807) is 0 Å². The van der Waals surface area contributed by atoms with E-state index < -0.39 is 0 Å². The Balaban J connectivity index is 1.58. The Kier molecular flexibility index (Phi) is 3.63. The Morgan fingerprint density at radius 1 is 1.04 bits per heavy atom. The fraction of sp³-hybridized carbons (Fsp3) is 0.350. The summed E-state index contributed by atoms with van der Waals surface area (Å²) in [5.41, 5.74) is 2.91. The normalized spacial score (nSPS) is 23.2. The third kappa shape index (κ3) is 2.25. The zero-order chi connectivity index (χ0) is 17.9. The number of carbonyl (C=O) groups excluding carboxylic acids is 1. The van der Waals surface area contributed by atoms with Crippen LogP contribution in [0, 0.1) is 0 Å². The van der Waals surface area contributed by atoms with E-state index >= 15 is 0 Å². The lowest BCUT2D eigenvalue weighted by atomic mass is 9.88. The van der Waals surface area contributed by atoms with Gasteiger partial charge in [0.25, 0.3) is 0 Å². The predicted octanol–water partition coefficient (Wildman–Crippen LogP) is 4.69. The van der Waals surface area contributed by atoms with Gasteiger partial charge in [-0.3, -0.25) is 4.79 Å². The highest BCUT2D eigenvalue weighted by atomic mass is 35.5. The van der Waals surface area contributed by atoms with Crippen molar-refractivity contribution in [2.75, 3.05) is 6.79 Å². The van der Waals surface area contributed by atoms with Gasteiger partial charge in [0.15, 0.2) is 11.5 Å². The Labute approximate surface area is 161 Å². The van der Waals surface area contributed by atoms with Gasteiger partial charge in [0.2, 0.25) is 12.7 Å². The van der Waals surface area contributed by atoms with Gasteiger partial charge in [0.1, 0.15) is 0 Å². The Bertz CT molecular complexity index is 909. The third-order valence-electron chi connectivity index (χ3n) is 5.86. The van der Waals surface area contributed by atoms with Crippen molar-refractivity contribution in [2.24, 2.45) is 0 Å². The quantitative estimate of drug-likeness (QED) is 0.747. The van der Waals surface area contributed by atoms with Crippen LogP contribution in [0.2, 0.25) is 10.0 Å². The second-order valence-electron chi connectivity index (χ2n) is 7.07. The number of hydrogen-bond acceptors (Lipinski definition) is 3. The maximum atomic E-state index is 12.8. The Hall–Kier alpha value is -1.91. The van der Waals surface area contributed by atoms with E-state index in [1.807, 2.05) is 23.1 Å². The number of aryl methyl sites for hydroxylation is 1. The SMILES string of the molecule is O=C1CCC2(CCc3cc4c(cc32)OCO4)N1Cc1c(Cl)cccc1Cl. The number of hydrogen-bond donors (Lipinski definition) is 0. The van der Waals surface area contributed by atoms with Gasteiger partial charge in [-0.1, -0.05) is 29.3 Å². The van der Waals surface area contributed by atoms with Gasteiger partial charge in [-0.15, -0.1) is 0 Å². The molecule has 2 heterocycles. The van der Waals surface area contributed by atoms with E-state index in [2.05, 4.69) is 12.1 Å². The first-order valence-electron chi connectivity index (χ1n) is 8.75. The average molecular weight is 390 g/mol. The summed E-state index contributed by atoms with van der Waals surface area (Å²) in [5.74, 6) is 1.71. The summed E-state index contributed by atoms with van der Waals surface area (Å²) in [6.45, 7) is 0.675. The molecule has 1 spiro atoms. The summed E-state index contributed by atoms with van der Waals surface area (Å²) in [6, 6.07) is 9.58. The minimum atomic E-state index is -0.310. The van der Waals surface area contributed by atoms with E-state index in [9.17, 15) is 4.79 Å². The standard InChI is InChI=1S/C20H17Cl2NO3/c21-15-2-1-3-16(22)13(15)10-23-19(24)5-7-20(23)6-4-12-8-17-18(9-14(12)20)26-11-25-17/h1-3,8-9H,4-7,10-11H2. The van der Waals surface area contributed by atoms with Crippen molar-refractivity contribution in [1.29, 1.82) is 0 Å².